The summed E-state index contributed by atoms with van der Waals surface area (Å²) in [5, 5.41) is 0. The Morgan fingerprint density at radius 2 is 2.06 bits per heavy atom. The Morgan fingerprint density at radius 1 is 1.41 bits per heavy atom. The molecule has 0 amide bonds. The van der Waals surface area contributed by atoms with E-state index in [2.05, 4.69) is 4.98 Å². The molecule has 1 aromatic heterocycles. The molecule has 0 aliphatic carbocycles. The zero-order valence-corrected chi connectivity index (χ0v) is 11.1. The summed E-state index contributed by atoms with van der Waals surface area (Å²) < 4.78 is 25.5. The number of nitrogens with zero attached hydrogens (tertiary/aromatic N) is 1. The normalized spacial score (nSPS) is 13.9. The first-order valence-corrected chi connectivity index (χ1v) is 6.97. The minimum absolute atomic E-state index is 0.114. The van der Waals surface area contributed by atoms with E-state index < -0.39 is 10.0 Å². The molecule has 0 spiro atoms. The van der Waals surface area contributed by atoms with E-state index in [1.54, 1.807) is 7.05 Å². The van der Waals surface area contributed by atoms with E-state index >= 15 is 0 Å². The van der Waals surface area contributed by atoms with Gasteiger partial charge in [0, 0.05) is 25.9 Å². The van der Waals surface area contributed by atoms with Crippen molar-refractivity contribution in [3.63, 3.8) is 0 Å². The van der Waals surface area contributed by atoms with E-state index in [-0.39, 0.29) is 10.5 Å². The molecule has 0 fully saturated rings. The third-order valence-electron chi connectivity index (χ3n) is 2.73. The molecule has 1 N–H and O–H groups in total. The summed E-state index contributed by atoms with van der Waals surface area (Å²) in [7, 11) is -1.95. The quantitative estimate of drug-likeness (QED) is 0.858. The molecule has 0 bridgehead atoms. The molecule has 1 atom stereocenters. The summed E-state index contributed by atoms with van der Waals surface area (Å²) in [6.45, 7) is 4.49. The average molecular weight is 258 g/mol. The molecule has 0 aliphatic rings. The fraction of sp³-hybridized carbons (Fsp3) is 0.545. The van der Waals surface area contributed by atoms with Gasteiger partial charge in [-0.15, -0.1) is 0 Å². The lowest BCUT2D eigenvalue weighted by Gasteiger charge is -2.20. The highest BCUT2D eigenvalue weighted by Crippen LogP contribution is 2.14. The summed E-state index contributed by atoms with van der Waals surface area (Å²) in [6, 6.07) is 2.53. The van der Waals surface area contributed by atoms with E-state index in [0.29, 0.717) is 12.5 Å². The fourth-order valence-corrected chi connectivity index (χ4v) is 2.66. The summed E-state index contributed by atoms with van der Waals surface area (Å²) in [4.78, 5) is 13.4. The van der Waals surface area contributed by atoms with Crippen molar-refractivity contribution in [2.45, 2.75) is 25.2 Å². The molecule has 96 valence electrons. The summed E-state index contributed by atoms with van der Waals surface area (Å²) in [6.07, 6.45) is 2.15. The highest BCUT2D eigenvalue weighted by Gasteiger charge is 2.21. The highest BCUT2D eigenvalue weighted by atomic mass is 32.2. The Kier molecular flexibility index (Phi) is 4.47. The van der Waals surface area contributed by atoms with Gasteiger partial charge in [0.05, 0.1) is 4.90 Å². The molecular weight excluding hydrogens is 240 g/mol. The predicted molar refractivity (Wildman–Crippen MR) is 66.3 cm³/mol. The monoisotopic (exact) mass is 258 g/mol. The number of nitrogens with one attached hydrogen (secondary N) is 1. The van der Waals surface area contributed by atoms with Crippen LogP contribution in [-0.4, -0.2) is 31.3 Å². The van der Waals surface area contributed by atoms with Crippen LogP contribution in [0.1, 0.15) is 20.3 Å². The predicted octanol–water partition coefficient (Wildman–Crippen LogP) is 1.04. The Balaban J connectivity index is 2.95. The summed E-state index contributed by atoms with van der Waals surface area (Å²) >= 11 is 0. The molecule has 0 saturated carbocycles. The van der Waals surface area contributed by atoms with E-state index in [4.69, 9.17) is 0 Å². The first kappa shape index (κ1) is 13.9. The summed E-state index contributed by atoms with van der Waals surface area (Å²) in [5.41, 5.74) is -0.312. The van der Waals surface area contributed by atoms with Crippen molar-refractivity contribution in [2.75, 3.05) is 13.6 Å². The zero-order valence-electron chi connectivity index (χ0n) is 10.3. The minimum atomic E-state index is -3.50. The smallest absolute Gasteiger partial charge is 0.247 e. The van der Waals surface area contributed by atoms with Crippen LogP contribution in [0.4, 0.5) is 0 Å². The zero-order chi connectivity index (χ0) is 13.1. The average Bonchev–Trinajstić information content (AvgIpc) is 2.29. The van der Waals surface area contributed by atoms with Crippen LogP contribution >= 0.6 is 0 Å². The van der Waals surface area contributed by atoms with Crippen molar-refractivity contribution in [3.8, 4) is 0 Å². The second-order valence-electron chi connectivity index (χ2n) is 4.19. The maximum atomic E-state index is 12.1. The first-order chi connectivity index (χ1) is 7.87. The van der Waals surface area contributed by atoms with Gasteiger partial charge in [-0.1, -0.05) is 20.3 Å². The highest BCUT2D eigenvalue weighted by molar-refractivity contribution is 7.89. The van der Waals surface area contributed by atoms with Crippen LogP contribution in [0.5, 0.6) is 0 Å². The molecular formula is C11H18N2O3S. The topological polar surface area (TPSA) is 70.2 Å². The third kappa shape index (κ3) is 3.41. The van der Waals surface area contributed by atoms with Crippen molar-refractivity contribution < 1.29 is 8.42 Å². The van der Waals surface area contributed by atoms with Gasteiger partial charge in [0.1, 0.15) is 0 Å². The van der Waals surface area contributed by atoms with Gasteiger partial charge < -0.3 is 4.98 Å². The SMILES string of the molecule is CCC(C)CN(C)S(=O)(=O)c1ccc(=O)[nH]c1. The second-order valence-corrected chi connectivity index (χ2v) is 6.23. The van der Waals surface area contributed by atoms with Crippen LogP contribution in [-0.2, 0) is 10.0 Å². The molecule has 17 heavy (non-hydrogen) atoms. The van der Waals surface area contributed by atoms with E-state index in [0.717, 1.165) is 6.42 Å². The lowest BCUT2D eigenvalue weighted by Crippen LogP contribution is -2.31. The molecule has 0 aliphatic heterocycles. The van der Waals surface area contributed by atoms with Gasteiger partial charge in [-0.25, -0.2) is 12.7 Å². The number of aromatic nitrogens is 1. The first-order valence-electron chi connectivity index (χ1n) is 5.53. The van der Waals surface area contributed by atoms with E-state index in [1.807, 2.05) is 13.8 Å². The number of hydrogen-bond acceptors (Lipinski definition) is 3. The van der Waals surface area contributed by atoms with Crippen molar-refractivity contribution in [2.24, 2.45) is 5.92 Å². The largest absolute Gasteiger partial charge is 0.328 e. The number of sulfonamides is 1. The molecule has 6 heteroatoms. The lowest BCUT2D eigenvalue weighted by molar-refractivity contribution is 0.393. The van der Waals surface area contributed by atoms with Crippen molar-refractivity contribution in [1.82, 2.24) is 9.29 Å². The van der Waals surface area contributed by atoms with Gasteiger partial charge in [-0.3, -0.25) is 4.79 Å². The number of hydrogen-bond donors (Lipinski definition) is 1. The molecule has 0 radical (unpaired) electrons. The van der Waals surface area contributed by atoms with Gasteiger partial charge in [0.15, 0.2) is 0 Å². The maximum Gasteiger partial charge on any atom is 0.247 e. The molecule has 5 nitrogen and oxygen atoms in total. The Hall–Kier alpha value is -1.14. The Bertz CT molecular complexity index is 501. The fourth-order valence-electron chi connectivity index (χ4n) is 1.40. The van der Waals surface area contributed by atoms with Crippen LogP contribution in [0.25, 0.3) is 0 Å². The van der Waals surface area contributed by atoms with Crippen LogP contribution in [0.15, 0.2) is 28.0 Å². The van der Waals surface area contributed by atoms with Crippen LogP contribution in [0.2, 0.25) is 0 Å². The van der Waals surface area contributed by atoms with Gasteiger partial charge in [-0.05, 0) is 12.0 Å². The molecule has 1 rings (SSSR count). The lowest BCUT2D eigenvalue weighted by atomic mass is 10.1. The third-order valence-corrected chi connectivity index (χ3v) is 4.55. The molecule has 1 unspecified atom stereocenters. The standard InChI is InChI=1S/C11H18N2O3S/c1-4-9(2)8-13(3)17(15,16)10-5-6-11(14)12-7-10/h5-7,9H,4,8H2,1-3H3,(H,12,14). The Labute approximate surface area is 102 Å². The summed E-state index contributed by atoms with van der Waals surface area (Å²) in [5.74, 6) is 0.303. The van der Waals surface area contributed by atoms with Gasteiger partial charge >= 0.3 is 0 Å². The molecule has 1 aromatic rings. The Morgan fingerprint density at radius 3 is 2.53 bits per heavy atom. The van der Waals surface area contributed by atoms with Gasteiger partial charge in [0.2, 0.25) is 15.6 Å². The molecule has 1 heterocycles. The number of rotatable bonds is 5. The van der Waals surface area contributed by atoms with Crippen molar-refractivity contribution >= 4 is 10.0 Å². The minimum Gasteiger partial charge on any atom is -0.328 e. The number of H-pyrrole nitrogens is 1. The van der Waals surface area contributed by atoms with E-state index in [1.165, 1.54) is 22.6 Å². The maximum absolute atomic E-state index is 12.1. The molecule has 0 aromatic carbocycles. The number of pyridine rings is 1. The van der Waals surface area contributed by atoms with E-state index in [9.17, 15) is 13.2 Å². The van der Waals surface area contributed by atoms with Gasteiger partial charge in [-0.2, -0.15) is 0 Å². The van der Waals surface area contributed by atoms with Crippen LogP contribution in [0.3, 0.4) is 0 Å². The number of aromatic amines is 1. The van der Waals surface area contributed by atoms with Crippen LogP contribution in [0, 0.1) is 5.92 Å². The van der Waals surface area contributed by atoms with Crippen molar-refractivity contribution in [3.05, 3.63) is 28.7 Å². The second kappa shape index (κ2) is 5.46. The van der Waals surface area contributed by atoms with Gasteiger partial charge in [0.25, 0.3) is 0 Å². The van der Waals surface area contributed by atoms with Crippen LogP contribution < -0.4 is 5.56 Å². The molecule has 0 saturated heterocycles. The van der Waals surface area contributed by atoms with Crippen molar-refractivity contribution in [1.29, 1.82) is 0 Å².